The maximum Gasteiger partial charge on any atom is 0.143 e. The van der Waals surface area contributed by atoms with Crippen LogP contribution in [-0.2, 0) is 4.79 Å². The SMILES string of the molecule is CC(C=CC=C(C)C=CC1=C(C)CCCC1(C)CO)=CC=O. The van der Waals surface area contributed by atoms with Gasteiger partial charge in [0.1, 0.15) is 6.29 Å². The van der Waals surface area contributed by atoms with Gasteiger partial charge in [0.05, 0.1) is 6.61 Å². The number of carbonyl (C=O) groups is 1. The van der Waals surface area contributed by atoms with E-state index < -0.39 is 0 Å². The predicted octanol–water partition coefficient (Wildman–Crippen LogP) is 4.69. The molecule has 1 N–H and O–H groups in total. The highest BCUT2D eigenvalue weighted by atomic mass is 16.3. The van der Waals surface area contributed by atoms with Gasteiger partial charge in [-0.3, -0.25) is 4.79 Å². The minimum atomic E-state index is -0.113. The number of carbonyl (C=O) groups excluding carboxylic acids is 1. The molecule has 0 heterocycles. The van der Waals surface area contributed by atoms with Crippen LogP contribution >= 0.6 is 0 Å². The molecule has 0 amide bonds. The number of rotatable bonds is 6. The third-order valence-electron chi connectivity index (χ3n) is 4.30. The van der Waals surface area contributed by atoms with Gasteiger partial charge in [0, 0.05) is 5.41 Å². The smallest absolute Gasteiger partial charge is 0.143 e. The van der Waals surface area contributed by atoms with Crippen LogP contribution in [0.5, 0.6) is 0 Å². The van der Waals surface area contributed by atoms with Gasteiger partial charge in [-0.1, -0.05) is 48.5 Å². The van der Waals surface area contributed by atoms with Crippen LogP contribution in [-0.4, -0.2) is 18.0 Å². The molecule has 120 valence electrons. The molecule has 0 aliphatic heterocycles. The van der Waals surface area contributed by atoms with Crippen LogP contribution in [0.25, 0.3) is 0 Å². The number of hydrogen-bond acceptors (Lipinski definition) is 2. The van der Waals surface area contributed by atoms with Gasteiger partial charge in [-0.05, 0) is 57.3 Å². The Balaban J connectivity index is 2.86. The van der Waals surface area contributed by atoms with Crippen molar-refractivity contribution in [1.29, 1.82) is 0 Å². The minimum absolute atomic E-state index is 0.113. The monoisotopic (exact) mass is 300 g/mol. The van der Waals surface area contributed by atoms with Gasteiger partial charge in [0.15, 0.2) is 0 Å². The van der Waals surface area contributed by atoms with Gasteiger partial charge in [0.25, 0.3) is 0 Å². The lowest BCUT2D eigenvalue weighted by atomic mass is 9.71. The Morgan fingerprint density at radius 1 is 1.23 bits per heavy atom. The standard InChI is InChI=1S/C20H28O2/c1-16(7-5-8-17(2)12-14-21)10-11-19-18(3)9-6-13-20(19,4)15-22/h5,7-8,10-12,14,22H,6,9,13,15H2,1-4H3. The van der Waals surface area contributed by atoms with Crippen LogP contribution in [0.1, 0.15) is 47.0 Å². The van der Waals surface area contributed by atoms with E-state index in [1.165, 1.54) is 11.1 Å². The summed E-state index contributed by atoms with van der Waals surface area (Å²) in [5.41, 5.74) is 4.61. The molecule has 0 radical (unpaired) electrons. The Bertz CT molecular complexity index is 544. The summed E-state index contributed by atoms with van der Waals surface area (Å²) in [5, 5.41) is 9.73. The van der Waals surface area contributed by atoms with Gasteiger partial charge in [0.2, 0.25) is 0 Å². The molecule has 0 spiro atoms. The Morgan fingerprint density at radius 2 is 1.91 bits per heavy atom. The number of hydrogen-bond donors (Lipinski definition) is 1. The lowest BCUT2D eigenvalue weighted by Crippen LogP contribution is -2.27. The summed E-state index contributed by atoms with van der Waals surface area (Å²) in [6, 6.07) is 0. The molecule has 22 heavy (non-hydrogen) atoms. The normalized spacial score (nSPS) is 24.6. The topological polar surface area (TPSA) is 37.3 Å². The molecule has 0 bridgehead atoms. The van der Waals surface area contributed by atoms with Crippen molar-refractivity contribution >= 4 is 6.29 Å². The van der Waals surface area contributed by atoms with Crippen molar-refractivity contribution in [2.24, 2.45) is 5.41 Å². The Hall–Kier alpha value is -1.67. The summed E-state index contributed by atoms with van der Waals surface area (Å²) in [7, 11) is 0. The van der Waals surface area contributed by atoms with Crippen LogP contribution in [0.4, 0.5) is 0 Å². The Morgan fingerprint density at radius 3 is 2.55 bits per heavy atom. The largest absolute Gasteiger partial charge is 0.395 e. The molecule has 1 unspecified atom stereocenters. The first kappa shape index (κ1) is 18.4. The van der Waals surface area contributed by atoms with Gasteiger partial charge < -0.3 is 5.11 Å². The lowest BCUT2D eigenvalue weighted by molar-refractivity contribution is -0.104. The first-order valence-corrected chi connectivity index (χ1v) is 7.89. The molecule has 0 fully saturated rings. The average molecular weight is 300 g/mol. The molecule has 0 aromatic heterocycles. The van der Waals surface area contributed by atoms with Crippen molar-refractivity contribution in [2.75, 3.05) is 6.61 Å². The second-order valence-corrected chi connectivity index (χ2v) is 6.42. The molecule has 1 aliphatic rings. The highest BCUT2D eigenvalue weighted by Crippen LogP contribution is 2.40. The summed E-state index contributed by atoms with van der Waals surface area (Å²) >= 11 is 0. The first-order chi connectivity index (χ1) is 10.4. The third-order valence-corrected chi connectivity index (χ3v) is 4.30. The van der Waals surface area contributed by atoms with Gasteiger partial charge in [-0.25, -0.2) is 0 Å². The number of aldehydes is 1. The van der Waals surface area contributed by atoms with E-state index in [0.717, 1.165) is 36.7 Å². The zero-order valence-electron chi connectivity index (χ0n) is 14.2. The molecule has 1 rings (SSSR count). The van der Waals surface area contributed by atoms with E-state index in [1.54, 1.807) is 6.08 Å². The van der Waals surface area contributed by atoms with Crippen LogP contribution in [0.15, 0.2) is 58.7 Å². The van der Waals surface area contributed by atoms with E-state index in [1.807, 2.05) is 25.2 Å². The second kappa shape index (κ2) is 8.70. The van der Waals surface area contributed by atoms with Gasteiger partial charge in [-0.15, -0.1) is 0 Å². The quantitative estimate of drug-likeness (QED) is 0.439. The summed E-state index contributed by atoms with van der Waals surface area (Å²) in [4.78, 5) is 10.3. The number of allylic oxidation sites excluding steroid dienone is 9. The average Bonchev–Trinajstić information content (AvgIpc) is 2.47. The Kier molecular flexibility index (Phi) is 7.26. The van der Waals surface area contributed by atoms with Crippen molar-refractivity contribution in [1.82, 2.24) is 0 Å². The van der Waals surface area contributed by atoms with Crippen molar-refractivity contribution in [3.8, 4) is 0 Å². The molecular weight excluding hydrogens is 272 g/mol. The third kappa shape index (κ3) is 5.27. The van der Waals surface area contributed by atoms with Crippen molar-refractivity contribution < 1.29 is 9.90 Å². The fourth-order valence-corrected chi connectivity index (χ4v) is 2.82. The lowest BCUT2D eigenvalue weighted by Gasteiger charge is -2.34. The molecule has 0 saturated carbocycles. The second-order valence-electron chi connectivity index (χ2n) is 6.42. The van der Waals surface area contributed by atoms with E-state index >= 15 is 0 Å². The van der Waals surface area contributed by atoms with Crippen LogP contribution in [0.3, 0.4) is 0 Å². The van der Waals surface area contributed by atoms with Crippen LogP contribution in [0.2, 0.25) is 0 Å². The van der Waals surface area contributed by atoms with Crippen molar-refractivity contribution in [3.63, 3.8) is 0 Å². The summed E-state index contributed by atoms with van der Waals surface area (Å²) < 4.78 is 0. The molecule has 0 saturated heterocycles. The molecule has 0 aromatic carbocycles. The zero-order chi connectivity index (χ0) is 16.6. The number of aliphatic hydroxyl groups excluding tert-OH is 1. The highest BCUT2D eigenvalue weighted by molar-refractivity contribution is 5.66. The fourth-order valence-electron chi connectivity index (χ4n) is 2.82. The van der Waals surface area contributed by atoms with Crippen LogP contribution < -0.4 is 0 Å². The van der Waals surface area contributed by atoms with E-state index in [4.69, 9.17) is 0 Å². The highest BCUT2D eigenvalue weighted by Gasteiger charge is 2.30. The van der Waals surface area contributed by atoms with Crippen molar-refractivity contribution in [3.05, 3.63) is 58.7 Å². The van der Waals surface area contributed by atoms with E-state index in [0.29, 0.717) is 0 Å². The van der Waals surface area contributed by atoms with Gasteiger partial charge >= 0.3 is 0 Å². The Labute approximate surface area is 134 Å². The maximum absolute atomic E-state index is 10.3. The van der Waals surface area contributed by atoms with Gasteiger partial charge in [-0.2, -0.15) is 0 Å². The minimum Gasteiger partial charge on any atom is -0.395 e. The zero-order valence-corrected chi connectivity index (χ0v) is 14.2. The summed E-state index contributed by atoms with van der Waals surface area (Å²) in [6.07, 6.45) is 15.8. The molecule has 2 nitrogen and oxygen atoms in total. The fraction of sp³-hybridized carbons (Fsp3) is 0.450. The van der Waals surface area contributed by atoms with Crippen molar-refractivity contribution in [2.45, 2.75) is 47.0 Å². The number of aliphatic hydroxyl groups is 1. The van der Waals surface area contributed by atoms with E-state index in [9.17, 15) is 9.90 Å². The predicted molar refractivity (Wildman–Crippen MR) is 93.6 cm³/mol. The van der Waals surface area contributed by atoms with Crippen LogP contribution in [0, 0.1) is 5.41 Å². The van der Waals surface area contributed by atoms with E-state index in [2.05, 4.69) is 32.9 Å². The summed E-state index contributed by atoms with van der Waals surface area (Å²) in [6.45, 7) is 8.45. The van der Waals surface area contributed by atoms with E-state index in [-0.39, 0.29) is 12.0 Å². The molecule has 2 heteroatoms. The molecule has 1 atom stereocenters. The molecule has 1 aliphatic carbocycles. The molecular formula is C20H28O2. The first-order valence-electron chi connectivity index (χ1n) is 7.89. The molecule has 0 aromatic rings. The summed E-state index contributed by atoms with van der Waals surface area (Å²) in [5.74, 6) is 0. The maximum atomic E-state index is 10.3.